The Morgan fingerprint density at radius 3 is 2.50 bits per heavy atom. The molecule has 2 amide bonds. The summed E-state index contributed by atoms with van der Waals surface area (Å²) in [6.45, 7) is 11.0. The van der Waals surface area contributed by atoms with Gasteiger partial charge in [-0.25, -0.2) is 0 Å². The Morgan fingerprint density at radius 2 is 1.88 bits per heavy atom. The van der Waals surface area contributed by atoms with Gasteiger partial charge in [-0.05, 0) is 30.7 Å². The lowest BCUT2D eigenvalue weighted by atomic mass is 9.94. The number of carbonyl (C=O) groups is 2. The highest BCUT2D eigenvalue weighted by Gasteiger charge is 2.40. The second kappa shape index (κ2) is 8.09. The molecule has 2 saturated heterocycles. The van der Waals surface area contributed by atoms with E-state index in [1.807, 2.05) is 41.9 Å². The van der Waals surface area contributed by atoms with E-state index in [1.54, 1.807) is 0 Å². The van der Waals surface area contributed by atoms with Crippen molar-refractivity contribution in [2.24, 2.45) is 5.41 Å². The lowest BCUT2D eigenvalue weighted by molar-refractivity contribution is -0.149. The summed E-state index contributed by atoms with van der Waals surface area (Å²) in [7, 11) is 0. The summed E-state index contributed by atoms with van der Waals surface area (Å²) in [4.78, 5) is 33.3. The van der Waals surface area contributed by atoms with Crippen LogP contribution < -0.4 is 0 Å². The fraction of sp³-hybridized carbons (Fsp3) is 0.700. The zero-order valence-electron chi connectivity index (χ0n) is 16.2. The normalized spacial score (nSPS) is 22.0. The molecule has 0 spiro atoms. The third-order valence-electron chi connectivity index (χ3n) is 5.38. The van der Waals surface area contributed by atoms with Gasteiger partial charge < -0.3 is 9.80 Å². The number of hydrogen-bond donors (Lipinski definition) is 0. The molecule has 2 fully saturated rings. The fourth-order valence-electron chi connectivity index (χ4n) is 3.82. The smallest absolute Gasteiger partial charge is 0.245 e. The minimum absolute atomic E-state index is 0.0999. The molecular weight excluding hydrogens is 346 g/mol. The van der Waals surface area contributed by atoms with Gasteiger partial charge in [0.25, 0.3) is 0 Å². The standard InChI is InChI=1S/C20H31N3O2S/c1-20(2,3)19(25)23-9-4-7-17(23)18(24)22-13-11-21(12-14-22)10-8-16-6-5-15-26-16/h5-6,15,17H,4,7-14H2,1-3H3. The molecule has 0 radical (unpaired) electrons. The molecule has 1 unspecified atom stereocenters. The van der Waals surface area contributed by atoms with Crippen LogP contribution in [0.3, 0.4) is 0 Å². The van der Waals surface area contributed by atoms with Crippen LogP contribution >= 0.6 is 11.3 Å². The van der Waals surface area contributed by atoms with E-state index in [1.165, 1.54) is 4.88 Å². The summed E-state index contributed by atoms with van der Waals surface area (Å²) in [6, 6.07) is 4.04. The highest BCUT2D eigenvalue weighted by atomic mass is 32.1. The average molecular weight is 378 g/mol. The Kier molecular flexibility index (Phi) is 6.03. The molecule has 5 nitrogen and oxygen atoms in total. The van der Waals surface area contributed by atoms with Crippen molar-refractivity contribution in [3.63, 3.8) is 0 Å². The van der Waals surface area contributed by atoms with Gasteiger partial charge in [0.2, 0.25) is 11.8 Å². The van der Waals surface area contributed by atoms with E-state index in [4.69, 9.17) is 0 Å². The Hall–Kier alpha value is -1.40. The molecule has 0 N–H and O–H groups in total. The molecule has 1 atom stereocenters. The van der Waals surface area contributed by atoms with Gasteiger partial charge in [0, 0.05) is 49.6 Å². The van der Waals surface area contributed by atoms with Crippen LogP contribution in [0.1, 0.15) is 38.5 Å². The van der Waals surface area contributed by atoms with E-state index >= 15 is 0 Å². The molecule has 3 heterocycles. The number of thiophene rings is 1. The summed E-state index contributed by atoms with van der Waals surface area (Å²) in [6.07, 6.45) is 2.82. The van der Waals surface area contributed by atoms with Crippen LogP contribution in [0, 0.1) is 5.41 Å². The number of likely N-dealkylation sites (tertiary alicyclic amines) is 1. The maximum atomic E-state index is 13.0. The van der Waals surface area contributed by atoms with E-state index in [9.17, 15) is 9.59 Å². The van der Waals surface area contributed by atoms with Crippen LogP contribution in [-0.4, -0.2) is 71.8 Å². The van der Waals surface area contributed by atoms with E-state index in [0.717, 1.165) is 52.0 Å². The summed E-state index contributed by atoms with van der Waals surface area (Å²) < 4.78 is 0. The van der Waals surface area contributed by atoms with Crippen molar-refractivity contribution in [1.29, 1.82) is 0 Å². The Balaban J connectivity index is 1.50. The minimum atomic E-state index is -0.427. The number of nitrogens with zero attached hydrogens (tertiary/aromatic N) is 3. The first kappa shape index (κ1) is 19.4. The lowest BCUT2D eigenvalue weighted by Gasteiger charge is -2.38. The molecular formula is C20H31N3O2S. The van der Waals surface area contributed by atoms with Crippen LogP contribution in [0.15, 0.2) is 17.5 Å². The second-order valence-electron chi connectivity index (χ2n) is 8.40. The molecule has 1 aromatic heterocycles. The van der Waals surface area contributed by atoms with E-state index in [2.05, 4.69) is 22.4 Å². The summed E-state index contributed by atoms with van der Waals surface area (Å²) >= 11 is 1.81. The molecule has 2 aliphatic rings. The van der Waals surface area contributed by atoms with Gasteiger partial charge in [0.1, 0.15) is 6.04 Å². The van der Waals surface area contributed by atoms with Crippen LogP contribution in [0.5, 0.6) is 0 Å². The number of carbonyl (C=O) groups excluding carboxylic acids is 2. The lowest BCUT2D eigenvalue weighted by Crippen LogP contribution is -2.55. The van der Waals surface area contributed by atoms with Gasteiger partial charge in [-0.15, -0.1) is 11.3 Å². The summed E-state index contributed by atoms with van der Waals surface area (Å²) in [5.41, 5.74) is -0.427. The van der Waals surface area contributed by atoms with Gasteiger partial charge in [0.05, 0.1) is 0 Å². The predicted octanol–water partition coefficient (Wildman–Crippen LogP) is 2.47. The highest BCUT2D eigenvalue weighted by molar-refractivity contribution is 7.09. The van der Waals surface area contributed by atoms with Crippen LogP contribution in [-0.2, 0) is 16.0 Å². The van der Waals surface area contributed by atoms with Crippen molar-refractivity contribution in [3.05, 3.63) is 22.4 Å². The van der Waals surface area contributed by atoms with Crippen LogP contribution in [0.4, 0.5) is 0 Å². The van der Waals surface area contributed by atoms with Crippen molar-refractivity contribution >= 4 is 23.2 Å². The topological polar surface area (TPSA) is 43.9 Å². The number of amides is 2. The quantitative estimate of drug-likeness (QED) is 0.810. The van der Waals surface area contributed by atoms with E-state index in [0.29, 0.717) is 6.54 Å². The van der Waals surface area contributed by atoms with Gasteiger partial charge >= 0.3 is 0 Å². The summed E-state index contributed by atoms with van der Waals surface area (Å²) in [5.74, 6) is 0.251. The third-order valence-corrected chi connectivity index (χ3v) is 6.31. The minimum Gasteiger partial charge on any atom is -0.338 e. The number of rotatable bonds is 4. The SMILES string of the molecule is CC(C)(C)C(=O)N1CCCC1C(=O)N1CCN(CCc2cccs2)CC1. The largest absolute Gasteiger partial charge is 0.338 e. The van der Waals surface area contributed by atoms with Crippen molar-refractivity contribution in [2.75, 3.05) is 39.3 Å². The first-order valence-corrected chi connectivity index (χ1v) is 10.6. The Labute approximate surface area is 161 Å². The highest BCUT2D eigenvalue weighted by Crippen LogP contribution is 2.26. The fourth-order valence-corrected chi connectivity index (χ4v) is 4.52. The predicted molar refractivity (Wildman–Crippen MR) is 105 cm³/mol. The number of piperazine rings is 1. The summed E-state index contributed by atoms with van der Waals surface area (Å²) in [5, 5.41) is 2.12. The average Bonchev–Trinajstić information content (AvgIpc) is 3.30. The molecule has 26 heavy (non-hydrogen) atoms. The maximum Gasteiger partial charge on any atom is 0.245 e. The van der Waals surface area contributed by atoms with Crippen molar-refractivity contribution in [2.45, 2.75) is 46.1 Å². The first-order valence-electron chi connectivity index (χ1n) is 9.71. The van der Waals surface area contributed by atoms with Gasteiger partial charge in [-0.2, -0.15) is 0 Å². The Morgan fingerprint density at radius 1 is 1.15 bits per heavy atom. The van der Waals surface area contributed by atoms with Crippen LogP contribution in [0.25, 0.3) is 0 Å². The van der Waals surface area contributed by atoms with Gasteiger partial charge in [0.15, 0.2) is 0 Å². The third kappa shape index (κ3) is 4.46. The van der Waals surface area contributed by atoms with E-state index in [-0.39, 0.29) is 17.9 Å². The molecule has 3 rings (SSSR count). The second-order valence-corrected chi connectivity index (χ2v) is 9.44. The van der Waals surface area contributed by atoms with Gasteiger partial charge in [-0.1, -0.05) is 26.8 Å². The molecule has 0 aromatic carbocycles. The van der Waals surface area contributed by atoms with E-state index < -0.39 is 5.41 Å². The maximum absolute atomic E-state index is 13.0. The zero-order valence-corrected chi connectivity index (χ0v) is 17.1. The zero-order chi connectivity index (χ0) is 18.7. The Bertz CT molecular complexity index is 616. The number of hydrogen-bond acceptors (Lipinski definition) is 4. The molecule has 0 bridgehead atoms. The molecule has 0 aliphatic carbocycles. The monoisotopic (exact) mass is 377 g/mol. The van der Waals surface area contributed by atoms with Crippen molar-refractivity contribution in [3.8, 4) is 0 Å². The van der Waals surface area contributed by atoms with Gasteiger partial charge in [-0.3, -0.25) is 14.5 Å². The molecule has 6 heteroatoms. The molecule has 144 valence electrons. The van der Waals surface area contributed by atoms with Crippen molar-refractivity contribution < 1.29 is 9.59 Å². The molecule has 1 aromatic rings. The van der Waals surface area contributed by atoms with Crippen molar-refractivity contribution in [1.82, 2.24) is 14.7 Å². The van der Waals surface area contributed by atoms with Crippen LogP contribution in [0.2, 0.25) is 0 Å². The first-order chi connectivity index (χ1) is 12.4. The molecule has 2 aliphatic heterocycles. The molecule has 0 saturated carbocycles.